The molecule has 0 aromatic rings. The van der Waals surface area contributed by atoms with E-state index in [0.29, 0.717) is 75.5 Å². The van der Waals surface area contributed by atoms with Gasteiger partial charge in [0, 0.05) is 132 Å². The molecule has 0 bridgehead atoms. The van der Waals surface area contributed by atoms with E-state index in [1.807, 2.05) is 40.8 Å². The Morgan fingerprint density at radius 2 is 0.878 bits per heavy atom. The molecule has 0 aromatic heterocycles. The van der Waals surface area contributed by atoms with E-state index in [9.17, 15) is 9.59 Å². The zero-order chi connectivity index (χ0) is 57.1. The van der Waals surface area contributed by atoms with Crippen molar-refractivity contribution in [2.45, 2.75) is 149 Å². The number of unbranched alkanes of at least 4 members (excludes halogenated alkanes) is 1. The average molecular weight is 1190 g/mol. The molecule has 1 aliphatic heterocycles. The molecular weight excluding hydrogens is 1090 g/mol. The van der Waals surface area contributed by atoms with Crippen LogP contribution in [0, 0.1) is 5.92 Å². The standard InChI is InChI=1S/C13H26O5SSi.C11H22O4Si.C10H20O5Si.C9H22O3SSi.C5H14O2Si/c1-12(2)13(14)17-8-5-6-9-18-20(15-3,16-4)11-7-10-19;1-12-16(13-2,14-3)7-6-9-4-5-10-11(8-9)15-10;1-9(2)10(11)15-7-6-8-16(12-3,13-4)14-5;1-4-10-14(11-5-2,12-6-3)9-7-8-13;1-5-7-8(3,4)6-2/h19H,1,5-11H2,2-4H3;9-11H,4-8H2,1-3H3;1,6-8H2,2-5H3;13H,4-9H2,1-3H3;5H2,1-4H3. The minimum absolute atomic E-state index is 0.316. The molecule has 0 amide bonds. The molecule has 1 heterocycles. The highest BCUT2D eigenvalue weighted by molar-refractivity contribution is 7.80. The third-order valence-electron chi connectivity index (χ3n) is 11.5. The summed E-state index contributed by atoms with van der Waals surface area (Å²) in [5, 5.41) is 0. The summed E-state index contributed by atoms with van der Waals surface area (Å²) >= 11 is 8.38. The van der Waals surface area contributed by atoms with Crippen LogP contribution in [0.3, 0.4) is 0 Å². The second-order valence-electron chi connectivity index (χ2n) is 17.3. The van der Waals surface area contributed by atoms with Crippen LogP contribution in [0.4, 0.5) is 0 Å². The van der Waals surface area contributed by atoms with Crippen molar-refractivity contribution < 1.29 is 85.8 Å². The first kappa shape index (κ1) is 77.8. The molecule has 1 aliphatic carbocycles. The summed E-state index contributed by atoms with van der Waals surface area (Å²) in [7, 11) is 3.17. The largest absolute Gasteiger partial charge is 0.500 e. The lowest BCUT2D eigenvalue weighted by Gasteiger charge is -2.28. The molecule has 0 N–H and O–H groups in total. The molecular formula is C48H104O19S2Si5. The Bertz CT molecular complexity index is 1380. The quantitative estimate of drug-likeness (QED) is 0.0148. The number of ether oxygens (including phenoxy) is 3. The third kappa shape index (κ3) is 36.0. The minimum atomic E-state index is -2.54. The molecule has 2 fully saturated rings. The molecule has 3 unspecified atom stereocenters. The second kappa shape index (κ2) is 46.4. The van der Waals surface area contributed by atoms with Gasteiger partial charge in [0.1, 0.15) is 0 Å². The summed E-state index contributed by atoms with van der Waals surface area (Å²) in [6.45, 7) is 26.1. The smallest absolute Gasteiger partial charge is 0.462 e. The van der Waals surface area contributed by atoms with Crippen molar-refractivity contribution in [3.63, 3.8) is 0 Å². The Morgan fingerprint density at radius 3 is 1.24 bits per heavy atom. The van der Waals surface area contributed by atoms with Gasteiger partial charge in [-0.1, -0.05) is 13.2 Å². The van der Waals surface area contributed by atoms with Crippen LogP contribution in [0.5, 0.6) is 0 Å². The fourth-order valence-electron chi connectivity index (χ4n) is 7.02. The number of hydrogen-bond donors (Lipinski definition) is 2. The topological polar surface area (TPSA) is 194 Å². The van der Waals surface area contributed by atoms with Crippen molar-refractivity contribution in [3.05, 3.63) is 24.3 Å². The van der Waals surface area contributed by atoms with Crippen LogP contribution in [0.1, 0.15) is 99.3 Å². The molecule has 3 atom stereocenters. The highest BCUT2D eigenvalue weighted by Crippen LogP contribution is 2.41. The molecule has 442 valence electrons. The monoisotopic (exact) mass is 1190 g/mol. The Labute approximate surface area is 465 Å². The van der Waals surface area contributed by atoms with Gasteiger partial charge in [-0.25, -0.2) is 9.59 Å². The predicted octanol–water partition coefficient (Wildman–Crippen LogP) is 9.38. The Hall–Kier alpha value is -0.396. The molecule has 19 nitrogen and oxygen atoms in total. The van der Waals surface area contributed by atoms with Gasteiger partial charge >= 0.3 is 55.7 Å². The fraction of sp³-hybridized carbons (Fsp3) is 0.875. The Kier molecular flexibility index (Phi) is 48.8. The van der Waals surface area contributed by atoms with E-state index in [1.54, 1.807) is 77.8 Å². The molecule has 2 aliphatic rings. The second-order valence-corrected chi connectivity index (χ2v) is 33.6. The number of fused-ring (bicyclic) bond motifs is 1. The van der Waals surface area contributed by atoms with Gasteiger partial charge in [-0.3, -0.25) is 0 Å². The van der Waals surface area contributed by atoms with Gasteiger partial charge in [-0.15, -0.1) is 0 Å². The highest BCUT2D eigenvalue weighted by atomic mass is 32.1. The van der Waals surface area contributed by atoms with Gasteiger partial charge in [0.05, 0.1) is 25.4 Å². The summed E-state index contributed by atoms with van der Waals surface area (Å²) in [5.41, 5.74) is 0.812. The van der Waals surface area contributed by atoms with Gasteiger partial charge < -0.3 is 76.2 Å². The first-order valence-corrected chi connectivity index (χ1v) is 37.6. The molecule has 74 heavy (non-hydrogen) atoms. The third-order valence-corrected chi connectivity index (χ3v) is 25.7. The lowest BCUT2D eigenvalue weighted by Crippen LogP contribution is -2.46. The molecule has 0 aromatic carbocycles. The van der Waals surface area contributed by atoms with Crippen molar-refractivity contribution in [1.82, 2.24) is 0 Å². The lowest BCUT2D eigenvalue weighted by molar-refractivity contribution is -0.139. The van der Waals surface area contributed by atoms with E-state index in [1.165, 1.54) is 19.3 Å². The van der Waals surface area contributed by atoms with Crippen LogP contribution in [-0.4, -0.2) is 190 Å². The van der Waals surface area contributed by atoms with Crippen molar-refractivity contribution in [2.75, 3.05) is 122 Å². The van der Waals surface area contributed by atoms with Crippen molar-refractivity contribution in [2.24, 2.45) is 5.92 Å². The van der Waals surface area contributed by atoms with Crippen LogP contribution in [0.25, 0.3) is 0 Å². The zero-order valence-corrected chi connectivity index (χ0v) is 55.6. The molecule has 0 radical (unpaired) electrons. The lowest BCUT2D eigenvalue weighted by atomic mass is 9.88. The van der Waals surface area contributed by atoms with E-state index >= 15 is 0 Å². The van der Waals surface area contributed by atoms with Crippen LogP contribution in [0.2, 0.25) is 37.3 Å². The molecule has 2 rings (SSSR count). The van der Waals surface area contributed by atoms with Crippen LogP contribution in [-0.2, 0) is 85.8 Å². The first-order valence-electron chi connectivity index (χ1n) is 25.8. The van der Waals surface area contributed by atoms with Gasteiger partial charge in [0.2, 0.25) is 0 Å². The van der Waals surface area contributed by atoms with Gasteiger partial charge in [0.15, 0.2) is 0 Å². The Balaban J connectivity index is -0.000000871. The number of thiol groups is 2. The molecule has 1 saturated heterocycles. The maximum Gasteiger partial charge on any atom is 0.500 e. The van der Waals surface area contributed by atoms with E-state index in [4.69, 9.17) is 76.2 Å². The Morgan fingerprint density at radius 1 is 0.486 bits per heavy atom. The van der Waals surface area contributed by atoms with Crippen molar-refractivity contribution in [3.8, 4) is 0 Å². The van der Waals surface area contributed by atoms with Crippen LogP contribution < -0.4 is 0 Å². The SMILES string of the molecule is C=C(C)C(=O)OCCCCO[Si](CCCS)(OC)OC.C=C(C)C(=O)OCCC[Si](OC)(OC)OC.CCO[Si](C)(C)OC.CCO[Si](CCCS)(OCC)OCC.CO[Si](CCC1CCC2OC2C1)(OC)OC. The van der Waals surface area contributed by atoms with E-state index in [0.717, 1.165) is 74.3 Å². The summed E-state index contributed by atoms with van der Waals surface area (Å²) in [6, 6.07) is 3.15. The molecule has 1 saturated carbocycles. The predicted molar refractivity (Wildman–Crippen MR) is 308 cm³/mol. The molecule has 26 heteroatoms. The summed E-state index contributed by atoms with van der Waals surface area (Å²) < 4.78 is 91.5. The summed E-state index contributed by atoms with van der Waals surface area (Å²) in [4.78, 5) is 22.2. The fourth-order valence-corrected chi connectivity index (χ4v) is 16.9. The normalized spacial score (nSPS) is 16.3. The average Bonchev–Trinajstić information content (AvgIpc) is 4.19. The number of carbonyl (C=O) groups is 2. The first-order chi connectivity index (χ1) is 35.1. The summed E-state index contributed by atoms with van der Waals surface area (Å²) in [5.74, 6) is 1.66. The van der Waals surface area contributed by atoms with Crippen LogP contribution >= 0.6 is 25.3 Å². The van der Waals surface area contributed by atoms with Crippen molar-refractivity contribution in [1.29, 1.82) is 0 Å². The zero-order valence-electron chi connectivity index (χ0n) is 48.9. The number of epoxide rings is 1. The maximum atomic E-state index is 11.2. The van der Waals surface area contributed by atoms with Gasteiger partial charge in [-0.2, -0.15) is 25.3 Å². The van der Waals surface area contributed by atoms with Crippen molar-refractivity contribution >= 4 is 81.0 Å². The number of hydrogen-bond acceptors (Lipinski definition) is 21. The van der Waals surface area contributed by atoms with Crippen LogP contribution in [0.15, 0.2) is 24.3 Å². The van der Waals surface area contributed by atoms with E-state index in [2.05, 4.69) is 38.4 Å². The van der Waals surface area contributed by atoms with Gasteiger partial charge in [0.25, 0.3) is 0 Å². The molecule has 0 spiro atoms. The number of rotatable bonds is 38. The highest BCUT2D eigenvalue weighted by Gasteiger charge is 2.46. The number of esters is 2. The van der Waals surface area contributed by atoms with Gasteiger partial charge in [-0.05, 0) is 130 Å². The maximum absolute atomic E-state index is 11.2. The van der Waals surface area contributed by atoms with E-state index < -0.39 is 43.8 Å². The summed E-state index contributed by atoms with van der Waals surface area (Å²) in [6.07, 6.45) is 10.0. The van der Waals surface area contributed by atoms with E-state index in [-0.39, 0.29) is 11.9 Å². The minimum Gasteiger partial charge on any atom is -0.462 e. The number of carbonyl (C=O) groups excluding carboxylic acids is 2.